The van der Waals surface area contributed by atoms with E-state index in [1.807, 2.05) is 18.2 Å². The predicted octanol–water partition coefficient (Wildman–Crippen LogP) is 4.16. The summed E-state index contributed by atoms with van der Waals surface area (Å²) in [5.41, 5.74) is 4.83. The van der Waals surface area contributed by atoms with Crippen molar-refractivity contribution in [2.45, 2.75) is 0 Å². The number of halogens is 2. The van der Waals surface area contributed by atoms with Crippen molar-refractivity contribution in [2.24, 2.45) is 5.10 Å². The first-order chi connectivity index (χ1) is 12.6. The van der Waals surface area contributed by atoms with Gasteiger partial charge in [-0.2, -0.15) is 10.2 Å². The third-order valence-electron chi connectivity index (χ3n) is 3.51. The van der Waals surface area contributed by atoms with Crippen molar-refractivity contribution >= 4 is 35.3 Å². The standard InChI is InChI=1S/C18H14Cl2N4O2/c1-26-13-4-2-3-11(7-13)10-21-24-18(25)17-9-16(22-23-17)12-5-6-14(19)15(20)8-12/h2-10H,1H3,(H,22,23)(H,24,25)/b21-10-. The number of benzene rings is 2. The quantitative estimate of drug-likeness (QED) is 0.508. The van der Waals surface area contributed by atoms with Crippen LogP contribution < -0.4 is 10.2 Å². The van der Waals surface area contributed by atoms with Crippen LogP contribution in [-0.2, 0) is 0 Å². The van der Waals surface area contributed by atoms with Gasteiger partial charge in [-0.1, -0.05) is 41.4 Å². The molecule has 6 nitrogen and oxygen atoms in total. The van der Waals surface area contributed by atoms with E-state index < -0.39 is 5.91 Å². The highest BCUT2D eigenvalue weighted by Crippen LogP contribution is 2.27. The van der Waals surface area contributed by atoms with E-state index in [4.69, 9.17) is 27.9 Å². The average Bonchev–Trinajstić information content (AvgIpc) is 3.14. The minimum absolute atomic E-state index is 0.272. The van der Waals surface area contributed by atoms with Crippen molar-refractivity contribution in [3.8, 4) is 17.0 Å². The van der Waals surface area contributed by atoms with Gasteiger partial charge in [0.25, 0.3) is 5.91 Å². The Kier molecular flexibility index (Phi) is 5.55. The zero-order valence-corrected chi connectivity index (χ0v) is 15.2. The van der Waals surface area contributed by atoms with Crippen LogP contribution in [0.5, 0.6) is 5.75 Å². The van der Waals surface area contributed by atoms with Crippen LogP contribution in [0.3, 0.4) is 0 Å². The largest absolute Gasteiger partial charge is 0.497 e. The Hall–Kier alpha value is -2.83. The van der Waals surface area contributed by atoms with E-state index in [1.54, 1.807) is 37.4 Å². The number of nitrogens with zero attached hydrogens (tertiary/aromatic N) is 2. The number of rotatable bonds is 5. The normalized spacial score (nSPS) is 10.9. The smallest absolute Gasteiger partial charge is 0.289 e. The summed E-state index contributed by atoms with van der Waals surface area (Å²) < 4.78 is 5.13. The van der Waals surface area contributed by atoms with Crippen LogP contribution in [-0.4, -0.2) is 29.4 Å². The lowest BCUT2D eigenvalue weighted by atomic mass is 10.1. The molecule has 2 aromatic carbocycles. The van der Waals surface area contributed by atoms with Gasteiger partial charge in [-0.05, 0) is 35.9 Å². The fourth-order valence-corrected chi connectivity index (χ4v) is 2.49. The summed E-state index contributed by atoms with van der Waals surface area (Å²) in [5, 5.41) is 11.6. The van der Waals surface area contributed by atoms with Gasteiger partial charge in [0.1, 0.15) is 11.4 Å². The molecule has 0 atom stereocenters. The molecule has 132 valence electrons. The van der Waals surface area contributed by atoms with Crippen LogP contribution in [0, 0.1) is 0 Å². The van der Waals surface area contributed by atoms with Crippen molar-refractivity contribution in [1.82, 2.24) is 15.6 Å². The van der Waals surface area contributed by atoms with E-state index in [9.17, 15) is 4.79 Å². The molecule has 0 saturated carbocycles. The highest BCUT2D eigenvalue weighted by molar-refractivity contribution is 6.42. The maximum atomic E-state index is 12.2. The molecular weight excluding hydrogens is 375 g/mol. The number of aromatic nitrogens is 2. The van der Waals surface area contributed by atoms with Crippen LogP contribution in [0.4, 0.5) is 0 Å². The predicted molar refractivity (Wildman–Crippen MR) is 102 cm³/mol. The number of hydrogen-bond donors (Lipinski definition) is 2. The molecule has 8 heteroatoms. The molecule has 0 aliphatic carbocycles. The van der Waals surface area contributed by atoms with Crippen molar-refractivity contribution in [3.63, 3.8) is 0 Å². The number of carbonyl (C=O) groups excluding carboxylic acids is 1. The van der Waals surface area contributed by atoms with E-state index in [-0.39, 0.29) is 5.69 Å². The second-order valence-electron chi connectivity index (χ2n) is 5.27. The van der Waals surface area contributed by atoms with E-state index in [0.29, 0.717) is 21.5 Å². The second kappa shape index (κ2) is 8.03. The van der Waals surface area contributed by atoms with Crippen LogP contribution in [0.1, 0.15) is 16.1 Å². The summed E-state index contributed by atoms with van der Waals surface area (Å²) in [6.07, 6.45) is 1.52. The number of H-pyrrole nitrogens is 1. The van der Waals surface area contributed by atoms with E-state index in [0.717, 1.165) is 11.1 Å². The van der Waals surface area contributed by atoms with Gasteiger partial charge in [-0.3, -0.25) is 9.89 Å². The van der Waals surface area contributed by atoms with Crippen LogP contribution in [0.25, 0.3) is 11.3 Å². The third kappa shape index (κ3) is 4.22. The van der Waals surface area contributed by atoms with E-state index in [2.05, 4.69) is 20.7 Å². The lowest BCUT2D eigenvalue weighted by molar-refractivity contribution is 0.0950. The number of ether oxygens (including phenoxy) is 1. The number of methoxy groups -OCH3 is 1. The molecule has 0 saturated heterocycles. The Bertz CT molecular complexity index is 969. The minimum Gasteiger partial charge on any atom is -0.497 e. The van der Waals surface area contributed by atoms with E-state index >= 15 is 0 Å². The zero-order chi connectivity index (χ0) is 18.5. The van der Waals surface area contributed by atoms with Gasteiger partial charge in [0, 0.05) is 5.56 Å². The Morgan fingerprint density at radius 3 is 2.81 bits per heavy atom. The van der Waals surface area contributed by atoms with E-state index in [1.165, 1.54) is 6.21 Å². The first-order valence-electron chi connectivity index (χ1n) is 7.55. The SMILES string of the molecule is COc1cccc(/C=N\NC(=O)c2cc(-c3ccc(Cl)c(Cl)c3)n[nH]2)c1. The monoisotopic (exact) mass is 388 g/mol. The summed E-state index contributed by atoms with van der Waals surface area (Å²) in [6.45, 7) is 0. The van der Waals surface area contributed by atoms with Gasteiger partial charge >= 0.3 is 0 Å². The molecule has 0 unspecified atom stereocenters. The number of nitrogens with one attached hydrogen (secondary N) is 2. The van der Waals surface area contributed by atoms with Crippen molar-refractivity contribution in [3.05, 3.63) is 69.8 Å². The lowest BCUT2D eigenvalue weighted by Crippen LogP contribution is -2.18. The maximum absolute atomic E-state index is 12.2. The number of hydrogen-bond acceptors (Lipinski definition) is 4. The van der Waals surface area contributed by atoms with Crippen LogP contribution in [0.2, 0.25) is 10.0 Å². The second-order valence-corrected chi connectivity index (χ2v) is 6.09. The van der Waals surface area contributed by atoms with Gasteiger partial charge in [0.15, 0.2) is 0 Å². The summed E-state index contributed by atoms with van der Waals surface area (Å²) in [5.74, 6) is 0.295. The molecule has 0 aliphatic heterocycles. The molecule has 2 N–H and O–H groups in total. The Balaban J connectivity index is 1.68. The fraction of sp³-hybridized carbons (Fsp3) is 0.0556. The fourth-order valence-electron chi connectivity index (χ4n) is 2.19. The number of amides is 1. The molecule has 26 heavy (non-hydrogen) atoms. The Morgan fingerprint density at radius 2 is 2.04 bits per heavy atom. The summed E-state index contributed by atoms with van der Waals surface area (Å²) >= 11 is 11.9. The highest BCUT2D eigenvalue weighted by atomic mass is 35.5. The molecule has 0 aliphatic rings. The lowest BCUT2D eigenvalue weighted by Gasteiger charge is -2.00. The summed E-state index contributed by atoms with van der Waals surface area (Å²) in [7, 11) is 1.59. The van der Waals surface area contributed by atoms with Gasteiger partial charge in [0.05, 0.1) is 29.1 Å². The summed E-state index contributed by atoms with van der Waals surface area (Å²) in [4.78, 5) is 12.2. The van der Waals surface area contributed by atoms with Crippen LogP contribution >= 0.6 is 23.2 Å². The van der Waals surface area contributed by atoms with Gasteiger partial charge < -0.3 is 4.74 Å². The van der Waals surface area contributed by atoms with Crippen molar-refractivity contribution in [1.29, 1.82) is 0 Å². The first-order valence-corrected chi connectivity index (χ1v) is 8.30. The highest BCUT2D eigenvalue weighted by Gasteiger charge is 2.11. The molecule has 0 spiro atoms. The molecule has 0 bridgehead atoms. The molecule has 0 radical (unpaired) electrons. The maximum Gasteiger partial charge on any atom is 0.289 e. The first kappa shape index (κ1) is 18.0. The molecule has 1 aromatic heterocycles. The molecule has 1 amide bonds. The molecule has 0 fully saturated rings. The number of hydrazone groups is 1. The van der Waals surface area contributed by atoms with Gasteiger partial charge in [0.2, 0.25) is 0 Å². The third-order valence-corrected chi connectivity index (χ3v) is 4.25. The molecule has 1 heterocycles. The van der Waals surface area contributed by atoms with Crippen molar-refractivity contribution in [2.75, 3.05) is 7.11 Å². The zero-order valence-electron chi connectivity index (χ0n) is 13.7. The molecular formula is C18H14Cl2N4O2. The number of carbonyl (C=O) groups is 1. The Morgan fingerprint density at radius 1 is 1.19 bits per heavy atom. The Labute approximate surface area is 159 Å². The molecule has 3 aromatic rings. The van der Waals surface area contributed by atoms with Gasteiger partial charge in [-0.15, -0.1) is 0 Å². The number of aromatic amines is 1. The topological polar surface area (TPSA) is 79.4 Å². The average molecular weight is 389 g/mol. The molecule has 3 rings (SSSR count). The van der Waals surface area contributed by atoms with Crippen LogP contribution in [0.15, 0.2) is 53.6 Å². The van der Waals surface area contributed by atoms with Gasteiger partial charge in [-0.25, -0.2) is 5.43 Å². The minimum atomic E-state index is -0.414. The summed E-state index contributed by atoms with van der Waals surface area (Å²) in [6, 6.07) is 14.0. The van der Waals surface area contributed by atoms with Crippen molar-refractivity contribution < 1.29 is 9.53 Å².